The maximum absolute atomic E-state index is 13.7. The smallest absolute Gasteiger partial charge is 0.324 e. The van der Waals surface area contributed by atoms with Crippen LogP contribution in [0.5, 0.6) is 0 Å². The summed E-state index contributed by atoms with van der Waals surface area (Å²) in [5.74, 6) is -2.04. The maximum Gasteiger partial charge on any atom is 0.390 e. The van der Waals surface area contributed by atoms with Crippen molar-refractivity contribution in [2.24, 2.45) is 5.41 Å². The van der Waals surface area contributed by atoms with E-state index in [1.54, 1.807) is 6.07 Å². The van der Waals surface area contributed by atoms with Crippen LogP contribution >= 0.6 is 0 Å². The van der Waals surface area contributed by atoms with Gasteiger partial charge in [0.2, 0.25) is 5.91 Å². The summed E-state index contributed by atoms with van der Waals surface area (Å²) >= 11 is 0. The summed E-state index contributed by atoms with van der Waals surface area (Å²) in [6.45, 7) is 1.18. The Kier molecular flexibility index (Phi) is 5.55. The second-order valence-corrected chi connectivity index (χ2v) is 7.15. The number of alkyl halides is 3. The lowest BCUT2D eigenvalue weighted by atomic mass is 9.79. The van der Waals surface area contributed by atoms with E-state index in [1.807, 2.05) is 0 Å². The molecule has 1 unspecified atom stereocenters. The van der Waals surface area contributed by atoms with Crippen LogP contribution in [-0.4, -0.2) is 17.1 Å². The molecule has 152 valence electrons. The highest BCUT2D eigenvalue weighted by Crippen LogP contribution is 2.37. The lowest BCUT2D eigenvalue weighted by Crippen LogP contribution is -2.39. The number of nitrogens with zero attached hydrogens (tertiary/aromatic N) is 1. The van der Waals surface area contributed by atoms with Crippen molar-refractivity contribution in [1.29, 1.82) is 0 Å². The largest absolute Gasteiger partial charge is 0.390 e. The first-order valence-corrected chi connectivity index (χ1v) is 8.73. The van der Waals surface area contributed by atoms with E-state index in [2.05, 4.69) is 10.3 Å². The third-order valence-corrected chi connectivity index (χ3v) is 4.54. The van der Waals surface area contributed by atoms with Gasteiger partial charge in [0.05, 0.1) is 23.7 Å². The first kappa shape index (κ1) is 20.7. The van der Waals surface area contributed by atoms with Gasteiger partial charge in [0.25, 0.3) is 0 Å². The highest BCUT2D eigenvalue weighted by atomic mass is 19.4. The molecule has 1 atom stereocenters. The number of carbonyl (C=O) groups excluding carboxylic acids is 1. The van der Waals surface area contributed by atoms with E-state index >= 15 is 0 Å². The van der Waals surface area contributed by atoms with Crippen LogP contribution in [0.25, 0.3) is 10.9 Å². The van der Waals surface area contributed by atoms with Gasteiger partial charge in [-0.05, 0) is 36.2 Å². The minimum atomic E-state index is -4.61. The summed E-state index contributed by atoms with van der Waals surface area (Å²) in [5.41, 5.74) is -1.39. The van der Waals surface area contributed by atoms with Gasteiger partial charge in [-0.15, -0.1) is 0 Å². The van der Waals surface area contributed by atoms with E-state index in [0.29, 0.717) is 5.39 Å². The SMILES string of the molecule is CC(Cc1cccc(F)c1)(CC(F)(F)F)C(=O)Nc1cnc2c(F)cccc2c1. The summed E-state index contributed by atoms with van der Waals surface area (Å²) < 4.78 is 66.7. The molecule has 1 heterocycles. The number of aromatic nitrogens is 1. The van der Waals surface area contributed by atoms with Crippen LogP contribution in [0.1, 0.15) is 18.9 Å². The normalized spacial score (nSPS) is 13.9. The molecular weight excluding hydrogens is 391 g/mol. The number of anilines is 1. The van der Waals surface area contributed by atoms with Crippen molar-refractivity contribution in [3.05, 3.63) is 71.9 Å². The summed E-state index contributed by atoms with van der Waals surface area (Å²) in [4.78, 5) is 16.7. The zero-order valence-corrected chi connectivity index (χ0v) is 15.4. The van der Waals surface area contributed by atoms with E-state index in [4.69, 9.17) is 0 Å². The van der Waals surface area contributed by atoms with E-state index in [1.165, 1.54) is 49.5 Å². The van der Waals surface area contributed by atoms with Crippen molar-refractivity contribution in [3.63, 3.8) is 0 Å². The van der Waals surface area contributed by atoms with Gasteiger partial charge in [0.15, 0.2) is 0 Å². The fourth-order valence-electron chi connectivity index (χ4n) is 3.24. The van der Waals surface area contributed by atoms with Crippen LogP contribution in [0.4, 0.5) is 27.6 Å². The summed E-state index contributed by atoms with van der Waals surface area (Å²) in [7, 11) is 0. The lowest BCUT2D eigenvalue weighted by molar-refractivity contribution is -0.164. The van der Waals surface area contributed by atoms with E-state index < -0.39 is 35.6 Å². The average molecular weight is 408 g/mol. The van der Waals surface area contributed by atoms with Crippen molar-refractivity contribution in [2.75, 3.05) is 5.32 Å². The number of amides is 1. The third-order valence-electron chi connectivity index (χ3n) is 4.54. The molecule has 0 spiro atoms. The van der Waals surface area contributed by atoms with Crippen molar-refractivity contribution in [1.82, 2.24) is 4.98 Å². The highest BCUT2D eigenvalue weighted by Gasteiger charge is 2.44. The topological polar surface area (TPSA) is 42.0 Å². The molecule has 0 fully saturated rings. The van der Waals surface area contributed by atoms with E-state index in [9.17, 15) is 26.7 Å². The van der Waals surface area contributed by atoms with Crippen molar-refractivity contribution in [2.45, 2.75) is 25.9 Å². The summed E-state index contributed by atoms with van der Waals surface area (Å²) in [5, 5.41) is 2.83. The summed E-state index contributed by atoms with van der Waals surface area (Å²) in [6.07, 6.45) is -5.13. The number of nitrogens with one attached hydrogen (secondary N) is 1. The number of pyridine rings is 1. The Hall–Kier alpha value is -3.03. The molecule has 1 N–H and O–H groups in total. The molecule has 0 radical (unpaired) electrons. The average Bonchev–Trinajstić information content (AvgIpc) is 2.60. The standard InChI is InChI=1S/C21H17F5N2O/c1-20(12-21(24,25)26,10-13-4-2-6-15(22)8-13)19(29)28-16-9-14-5-3-7-17(23)18(14)27-11-16/h2-9,11H,10,12H2,1H3,(H,28,29). The number of carbonyl (C=O) groups is 1. The predicted molar refractivity (Wildman–Crippen MR) is 99.2 cm³/mol. The van der Waals surface area contributed by atoms with Gasteiger partial charge in [-0.1, -0.05) is 31.2 Å². The Balaban J connectivity index is 1.90. The van der Waals surface area contributed by atoms with Gasteiger partial charge in [-0.2, -0.15) is 13.2 Å². The molecule has 29 heavy (non-hydrogen) atoms. The van der Waals surface area contributed by atoms with Gasteiger partial charge in [0.1, 0.15) is 17.2 Å². The molecule has 0 aliphatic heterocycles. The molecule has 0 saturated heterocycles. The number of para-hydroxylation sites is 1. The van der Waals surface area contributed by atoms with Crippen molar-refractivity contribution < 1.29 is 26.7 Å². The second-order valence-electron chi connectivity index (χ2n) is 7.15. The molecule has 0 bridgehead atoms. The summed E-state index contributed by atoms with van der Waals surface area (Å²) in [6, 6.07) is 10.8. The van der Waals surface area contributed by atoms with Gasteiger partial charge >= 0.3 is 6.18 Å². The van der Waals surface area contributed by atoms with E-state index in [-0.39, 0.29) is 23.2 Å². The zero-order chi connectivity index (χ0) is 21.2. The maximum atomic E-state index is 13.7. The molecule has 0 saturated carbocycles. The number of fused-ring (bicyclic) bond motifs is 1. The van der Waals surface area contributed by atoms with Crippen LogP contribution in [0, 0.1) is 17.0 Å². The lowest BCUT2D eigenvalue weighted by Gasteiger charge is -2.29. The van der Waals surface area contributed by atoms with Crippen LogP contribution in [0.3, 0.4) is 0 Å². The van der Waals surface area contributed by atoms with Gasteiger partial charge in [0, 0.05) is 5.39 Å². The molecule has 0 aliphatic rings. The number of halogens is 5. The van der Waals surface area contributed by atoms with Crippen molar-refractivity contribution in [3.8, 4) is 0 Å². The Bertz CT molecular complexity index is 1050. The van der Waals surface area contributed by atoms with Crippen LogP contribution in [-0.2, 0) is 11.2 Å². The quantitative estimate of drug-likeness (QED) is 0.554. The van der Waals surface area contributed by atoms with Crippen LogP contribution < -0.4 is 5.32 Å². The number of rotatable bonds is 5. The molecule has 0 aliphatic carbocycles. The number of hydrogen-bond donors (Lipinski definition) is 1. The minimum absolute atomic E-state index is 0.0864. The monoisotopic (exact) mass is 408 g/mol. The Morgan fingerprint density at radius 1 is 1.07 bits per heavy atom. The van der Waals surface area contributed by atoms with Crippen molar-refractivity contribution >= 4 is 22.5 Å². The highest BCUT2D eigenvalue weighted by molar-refractivity contribution is 5.96. The van der Waals surface area contributed by atoms with Gasteiger partial charge in [-0.25, -0.2) is 8.78 Å². The molecule has 3 nitrogen and oxygen atoms in total. The minimum Gasteiger partial charge on any atom is -0.324 e. The Morgan fingerprint density at radius 2 is 1.79 bits per heavy atom. The second kappa shape index (κ2) is 7.77. The molecular formula is C21H17F5N2O. The Labute approximate surface area is 163 Å². The Morgan fingerprint density at radius 3 is 2.48 bits per heavy atom. The molecule has 1 aromatic heterocycles. The molecule has 2 aromatic carbocycles. The first-order valence-electron chi connectivity index (χ1n) is 8.73. The predicted octanol–water partition coefficient (Wildman–Crippen LogP) is 5.65. The number of hydrogen-bond acceptors (Lipinski definition) is 2. The molecule has 3 aromatic rings. The molecule has 8 heteroatoms. The molecule has 1 amide bonds. The van der Waals surface area contributed by atoms with Crippen LogP contribution in [0.15, 0.2) is 54.7 Å². The van der Waals surface area contributed by atoms with Crippen LogP contribution in [0.2, 0.25) is 0 Å². The zero-order valence-electron chi connectivity index (χ0n) is 15.4. The third kappa shape index (κ3) is 5.07. The fraction of sp³-hybridized carbons (Fsp3) is 0.238. The van der Waals surface area contributed by atoms with Gasteiger partial charge in [-0.3, -0.25) is 9.78 Å². The first-order chi connectivity index (χ1) is 13.6. The molecule has 3 rings (SSSR count). The fourth-order valence-corrected chi connectivity index (χ4v) is 3.24. The van der Waals surface area contributed by atoms with E-state index in [0.717, 1.165) is 6.07 Å². The number of benzene rings is 2. The van der Waals surface area contributed by atoms with Gasteiger partial charge < -0.3 is 5.32 Å².